The highest BCUT2D eigenvalue weighted by Crippen LogP contribution is 2.07. The summed E-state index contributed by atoms with van der Waals surface area (Å²) < 4.78 is 5.64. The van der Waals surface area contributed by atoms with Gasteiger partial charge in [-0.3, -0.25) is 4.79 Å². The van der Waals surface area contributed by atoms with Crippen LogP contribution in [0.4, 0.5) is 0 Å². The predicted octanol–water partition coefficient (Wildman–Crippen LogP) is 0.278. The molecule has 1 rings (SSSR count). The standard InChI is InChI=1S/C13H26N2O3/c1-10(2)12(16)9-15-13(17)5-8-18-11-3-6-14-7-4-11/h10-12,14,16H,3-9H2,1-2H3,(H,15,17). The van der Waals surface area contributed by atoms with E-state index >= 15 is 0 Å². The van der Waals surface area contributed by atoms with Crippen LogP contribution >= 0.6 is 0 Å². The predicted molar refractivity (Wildman–Crippen MR) is 70.3 cm³/mol. The Balaban J connectivity index is 2.02. The molecule has 0 aromatic heterocycles. The highest BCUT2D eigenvalue weighted by atomic mass is 16.5. The SMILES string of the molecule is CC(C)C(O)CNC(=O)CCOC1CCNCC1. The van der Waals surface area contributed by atoms with Gasteiger partial charge in [-0.05, 0) is 31.8 Å². The number of rotatable bonds is 7. The molecule has 0 aliphatic carbocycles. The molecule has 18 heavy (non-hydrogen) atoms. The number of aliphatic hydroxyl groups excluding tert-OH is 1. The first-order valence-corrected chi connectivity index (χ1v) is 6.86. The van der Waals surface area contributed by atoms with Crippen molar-refractivity contribution >= 4 is 5.91 Å². The van der Waals surface area contributed by atoms with Crippen molar-refractivity contribution in [3.63, 3.8) is 0 Å². The molecule has 1 aliphatic heterocycles. The van der Waals surface area contributed by atoms with Gasteiger partial charge >= 0.3 is 0 Å². The lowest BCUT2D eigenvalue weighted by Crippen LogP contribution is -2.36. The molecule has 5 heteroatoms. The zero-order valence-corrected chi connectivity index (χ0v) is 11.4. The summed E-state index contributed by atoms with van der Waals surface area (Å²) in [4.78, 5) is 11.5. The Bertz CT molecular complexity index is 240. The highest BCUT2D eigenvalue weighted by molar-refractivity contribution is 5.75. The average molecular weight is 258 g/mol. The van der Waals surface area contributed by atoms with E-state index in [9.17, 15) is 9.90 Å². The van der Waals surface area contributed by atoms with E-state index in [0.29, 0.717) is 25.7 Å². The lowest BCUT2D eigenvalue weighted by atomic mass is 10.1. The molecule has 1 heterocycles. The Morgan fingerprint density at radius 2 is 2.11 bits per heavy atom. The number of carbonyl (C=O) groups is 1. The largest absolute Gasteiger partial charge is 0.391 e. The van der Waals surface area contributed by atoms with Crippen molar-refractivity contribution in [1.82, 2.24) is 10.6 Å². The molecule has 0 saturated carbocycles. The Morgan fingerprint density at radius 1 is 1.44 bits per heavy atom. The van der Waals surface area contributed by atoms with E-state index in [1.54, 1.807) is 0 Å². The van der Waals surface area contributed by atoms with E-state index in [1.807, 2.05) is 13.8 Å². The molecule has 1 amide bonds. The summed E-state index contributed by atoms with van der Waals surface area (Å²) in [6.45, 7) is 6.64. The van der Waals surface area contributed by atoms with Gasteiger partial charge in [0.2, 0.25) is 5.91 Å². The summed E-state index contributed by atoms with van der Waals surface area (Å²) in [7, 11) is 0. The summed E-state index contributed by atoms with van der Waals surface area (Å²) in [5.41, 5.74) is 0. The van der Waals surface area contributed by atoms with Crippen LogP contribution in [-0.4, -0.2) is 49.5 Å². The lowest BCUT2D eigenvalue weighted by molar-refractivity contribution is -0.123. The Labute approximate surface area is 109 Å². The topological polar surface area (TPSA) is 70.6 Å². The normalized spacial score (nSPS) is 18.9. The molecule has 1 atom stereocenters. The highest BCUT2D eigenvalue weighted by Gasteiger charge is 2.14. The van der Waals surface area contributed by atoms with Gasteiger partial charge in [0.15, 0.2) is 0 Å². The van der Waals surface area contributed by atoms with Gasteiger partial charge in [-0.2, -0.15) is 0 Å². The van der Waals surface area contributed by atoms with E-state index < -0.39 is 6.10 Å². The molecular weight excluding hydrogens is 232 g/mol. The molecule has 1 saturated heterocycles. The minimum atomic E-state index is -0.473. The van der Waals surface area contributed by atoms with Gasteiger partial charge in [-0.1, -0.05) is 13.8 Å². The Morgan fingerprint density at radius 3 is 2.72 bits per heavy atom. The van der Waals surface area contributed by atoms with Crippen LogP contribution in [-0.2, 0) is 9.53 Å². The number of ether oxygens (including phenoxy) is 1. The van der Waals surface area contributed by atoms with Gasteiger partial charge in [0.05, 0.1) is 18.8 Å². The van der Waals surface area contributed by atoms with Gasteiger partial charge in [0.1, 0.15) is 0 Å². The molecule has 0 aromatic carbocycles. The number of hydrogen-bond acceptors (Lipinski definition) is 4. The number of aliphatic hydroxyl groups is 1. The third-order valence-electron chi connectivity index (χ3n) is 3.25. The maximum Gasteiger partial charge on any atom is 0.222 e. The number of carbonyl (C=O) groups excluding carboxylic acids is 1. The van der Waals surface area contributed by atoms with Crippen molar-refractivity contribution in [1.29, 1.82) is 0 Å². The third kappa shape index (κ3) is 6.33. The van der Waals surface area contributed by atoms with Crippen LogP contribution < -0.4 is 10.6 Å². The van der Waals surface area contributed by atoms with Crippen molar-refractivity contribution in [2.45, 2.75) is 45.3 Å². The fourth-order valence-corrected chi connectivity index (χ4v) is 1.82. The molecule has 3 N–H and O–H groups in total. The van der Waals surface area contributed by atoms with Crippen LogP contribution in [0.2, 0.25) is 0 Å². The molecule has 0 spiro atoms. The molecule has 1 aliphatic rings. The quantitative estimate of drug-likeness (QED) is 0.613. The second-order valence-corrected chi connectivity index (χ2v) is 5.19. The zero-order valence-electron chi connectivity index (χ0n) is 11.4. The van der Waals surface area contributed by atoms with Crippen LogP contribution in [0.15, 0.2) is 0 Å². The van der Waals surface area contributed by atoms with E-state index in [4.69, 9.17) is 4.74 Å². The average Bonchev–Trinajstić information content (AvgIpc) is 2.37. The number of nitrogens with one attached hydrogen (secondary N) is 2. The van der Waals surface area contributed by atoms with Crippen molar-refractivity contribution in [3.8, 4) is 0 Å². The van der Waals surface area contributed by atoms with Gasteiger partial charge in [0.25, 0.3) is 0 Å². The van der Waals surface area contributed by atoms with Crippen molar-refractivity contribution in [2.24, 2.45) is 5.92 Å². The molecule has 0 radical (unpaired) electrons. The van der Waals surface area contributed by atoms with E-state index in [2.05, 4.69) is 10.6 Å². The number of piperidine rings is 1. The number of hydrogen-bond donors (Lipinski definition) is 3. The van der Waals surface area contributed by atoms with Crippen molar-refractivity contribution in [3.05, 3.63) is 0 Å². The fraction of sp³-hybridized carbons (Fsp3) is 0.923. The van der Waals surface area contributed by atoms with Gasteiger partial charge in [0, 0.05) is 13.0 Å². The van der Waals surface area contributed by atoms with Crippen molar-refractivity contribution in [2.75, 3.05) is 26.2 Å². The molecule has 0 aromatic rings. The van der Waals surface area contributed by atoms with Gasteiger partial charge in [-0.25, -0.2) is 0 Å². The summed E-state index contributed by atoms with van der Waals surface area (Å²) in [5, 5.41) is 15.5. The fourth-order valence-electron chi connectivity index (χ4n) is 1.82. The van der Waals surface area contributed by atoms with Crippen LogP contribution in [0, 0.1) is 5.92 Å². The molecule has 106 valence electrons. The molecule has 5 nitrogen and oxygen atoms in total. The van der Waals surface area contributed by atoms with Gasteiger partial charge in [-0.15, -0.1) is 0 Å². The first-order chi connectivity index (χ1) is 8.59. The van der Waals surface area contributed by atoms with Gasteiger partial charge < -0.3 is 20.5 Å². The smallest absolute Gasteiger partial charge is 0.222 e. The van der Waals surface area contributed by atoms with E-state index in [1.165, 1.54) is 0 Å². The second-order valence-electron chi connectivity index (χ2n) is 5.19. The molecular formula is C13H26N2O3. The summed E-state index contributed by atoms with van der Waals surface area (Å²) in [6.07, 6.45) is 2.23. The first kappa shape index (κ1) is 15.4. The second kappa shape index (κ2) is 8.45. The maximum atomic E-state index is 11.5. The first-order valence-electron chi connectivity index (χ1n) is 6.86. The van der Waals surface area contributed by atoms with Crippen molar-refractivity contribution < 1.29 is 14.6 Å². The summed E-state index contributed by atoms with van der Waals surface area (Å²) in [5.74, 6) is 0.111. The lowest BCUT2D eigenvalue weighted by Gasteiger charge is -2.22. The van der Waals surface area contributed by atoms with Crippen LogP contribution in [0.25, 0.3) is 0 Å². The maximum absolute atomic E-state index is 11.5. The minimum absolute atomic E-state index is 0.0522. The molecule has 1 fully saturated rings. The third-order valence-corrected chi connectivity index (χ3v) is 3.25. The molecule has 1 unspecified atom stereocenters. The number of amides is 1. The van der Waals surface area contributed by atoms with E-state index in [-0.39, 0.29) is 11.8 Å². The molecule has 0 bridgehead atoms. The van der Waals surface area contributed by atoms with Crippen LogP contribution in [0.1, 0.15) is 33.1 Å². The minimum Gasteiger partial charge on any atom is -0.391 e. The van der Waals surface area contributed by atoms with Crippen LogP contribution in [0.3, 0.4) is 0 Å². The summed E-state index contributed by atoms with van der Waals surface area (Å²) >= 11 is 0. The van der Waals surface area contributed by atoms with E-state index in [0.717, 1.165) is 25.9 Å². The Hall–Kier alpha value is -0.650. The summed E-state index contributed by atoms with van der Waals surface area (Å²) in [6, 6.07) is 0. The zero-order chi connectivity index (χ0) is 13.4. The Kier molecular flexibility index (Phi) is 7.23. The van der Waals surface area contributed by atoms with Crippen LogP contribution in [0.5, 0.6) is 0 Å². The monoisotopic (exact) mass is 258 g/mol.